The molecule has 0 aliphatic rings. The largest absolute Gasteiger partial charge is 0.316 e. The number of allylic oxidation sites excluding steroid dienone is 5. The van der Waals surface area contributed by atoms with Crippen LogP contribution in [-0.2, 0) is 0 Å². The van der Waals surface area contributed by atoms with Crippen LogP contribution in [0.2, 0.25) is 0 Å². The van der Waals surface area contributed by atoms with Crippen molar-refractivity contribution in [3.63, 3.8) is 0 Å². The zero-order chi connectivity index (χ0) is 10.6. The number of likely N-dealkylation sites (N-methyl/N-ethyl adjacent to an activating group) is 1. The van der Waals surface area contributed by atoms with Crippen LogP contribution >= 0.6 is 11.8 Å². The third-order valence-corrected chi connectivity index (χ3v) is 2.75. The second kappa shape index (κ2) is 10.6. The molecule has 2 heteroatoms. The molecular weight excluding hydrogens is 190 g/mol. The van der Waals surface area contributed by atoms with Gasteiger partial charge in [-0.25, -0.2) is 0 Å². The van der Waals surface area contributed by atoms with Gasteiger partial charge in [0.25, 0.3) is 0 Å². The zero-order valence-corrected chi connectivity index (χ0v) is 10.2. The Balaban J connectivity index is 3.66. The van der Waals surface area contributed by atoms with E-state index >= 15 is 0 Å². The molecule has 0 aliphatic heterocycles. The second-order valence-corrected chi connectivity index (χ2v) is 4.34. The van der Waals surface area contributed by atoms with Crippen LogP contribution in [0.25, 0.3) is 0 Å². The van der Waals surface area contributed by atoms with Gasteiger partial charge < -0.3 is 5.32 Å². The number of nitrogens with one attached hydrogen (secondary N) is 1. The van der Waals surface area contributed by atoms with Crippen LogP contribution in [0.5, 0.6) is 0 Å². The van der Waals surface area contributed by atoms with Gasteiger partial charge in [-0.2, -0.15) is 0 Å². The quantitative estimate of drug-likeness (QED) is 0.648. The summed E-state index contributed by atoms with van der Waals surface area (Å²) in [5, 5.41) is 3.06. The zero-order valence-electron chi connectivity index (χ0n) is 9.42. The molecule has 14 heavy (non-hydrogen) atoms. The fourth-order valence-corrected chi connectivity index (χ4v) is 1.53. The predicted molar refractivity (Wildman–Crippen MR) is 68.7 cm³/mol. The van der Waals surface area contributed by atoms with Crippen LogP contribution in [0.15, 0.2) is 35.3 Å². The molecule has 80 valence electrons. The molecule has 0 rings (SSSR count). The molecule has 0 heterocycles. The summed E-state index contributed by atoms with van der Waals surface area (Å²) in [6.45, 7) is 5.29. The van der Waals surface area contributed by atoms with Crippen LogP contribution in [0.3, 0.4) is 0 Å². The van der Waals surface area contributed by atoms with Crippen molar-refractivity contribution in [1.29, 1.82) is 0 Å². The smallest absolute Gasteiger partial charge is 0.0134 e. The third kappa shape index (κ3) is 9.62. The van der Waals surface area contributed by atoms with E-state index in [1.165, 1.54) is 17.1 Å². The first-order valence-corrected chi connectivity index (χ1v) is 6.07. The third-order valence-electron chi connectivity index (χ3n) is 1.55. The molecule has 0 bridgehead atoms. The van der Waals surface area contributed by atoms with Crippen LogP contribution in [0.1, 0.15) is 20.3 Å². The molecular formula is C12H21NS. The van der Waals surface area contributed by atoms with E-state index in [9.17, 15) is 0 Å². The Bertz CT molecular complexity index is 204. The van der Waals surface area contributed by atoms with E-state index in [4.69, 9.17) is 0 Å². The van der Waals surface area contributed by atoms with Crippen molar-refractivity contribution >= 4 is 11.8 Å². The molecule has 0 aromatic heterocycles. The summed E-state index contributed by atoms with van der Waals surface area (Å²) in [6.07, 6.45) is 11.7. The maximum absolute atomic E-state index is 3.06. The first-order valence-electron chi connectivity index (χ1n) is 5.08. The Morgan fingerprint density at radius 1 is 1.29 bits per heavy atom. The molecule has 0 spiro atoms. The lowest BCUT2D eigenvalue weighted by Crippen LogP contribution is -2.03. The van der Waals surface area contributed by atoms with Crippen molar-refractivity contribution in [1.82, 2.24) is 5.32 Å². The van der Waals surface area contributed by atoms with Gasteiger partial charge in [0.2, 0.25) is 0 Å². The molecule has 0 aliphatic carbocycles. The van der Waals surface area contributed by atoms with Gasteiger partial charge in [0.1, 0.15) is 0 Å². The SMILES string of the molecule is CCCS/C(C)=C/C=C\C=C\CNC. The standard InChI is InChI=1S/C12H21NS/c1-4-11-14-12(2)9-7-5-6-8-10-13-3/h5-9,13H,4,10-11H2,1-3H3/b7-5-,8-6+,12-9+. The summed E-state index contributed by atoms with van der Waals surface area (Å²) in [4.78, 5) is 1.38. The molecule has 1 nitrogen and oxygen atoms in total. The molecule has 0 saturated carbocycles. The highest BCUT2D eigenvalue weighted by molar-refractivity contribution is 8.03. The molecule has 1 N–H and O–H groups in total. The summed E-state index contributed by atoms with van der Waals surface area (Å²) >= 11 is 1.92. The number of hydrogen-bond donors (Lipinski definition) is 1. The van der Waals surface area contributed by atoms with Crippen molar-refractivity contribution in [2.45, 2.75) is 20.3 Å². The number of rotatable bonds is 7. The minimum Gasteiger partial charge on any atom is -0.316 e. The van der Waals surface area contributed by atoms with Crippen molar-refractivity contribution in [2.24, 2.45) is 0 Å². The summed E-state index contributed by atoms with van der Waals surface area (Å²) in [5.74, 6) is 1.21. The molecule has 0 fully saturated rings. The van der Waals surface area contributed by atoms with E-state index in [0.29, 0.717) is 0 Å². The summed E-state index contributed by atoms with van der Waals surface area (Å²) in [7, 11) is 1.94. The van der Waals surface area contributed by atoms with Gasteiger partial charge in [0.15, 0.2) is 0 Å². The highest BCUT2D eigenvalue weighted by Crippen LogP contribution is 2.14. The first kappa shape index (κ1) is 13.5. The van der Waals surface area contributed by atoms with Crippen molar-refractivity contribution in [2.75, 3.05) is 19.3 Å². The van der Waals surface area contributed by atoms with Crippen LogP contribution in [0, 0.1) is 0 Å². The number of hydrogen-bond acceptors (Lipinski definition) is 2. The number of thioether (sulfide) groups is 1. The van der Waals surface area contributed by atoms with Gasteiger partial charge in [-0.3, -0.25) is 0 Å². The lowest BCUT2D eigenvalue weighted by atomic mass is 10.4. The normalized spacial score (nSPS) is 13.2. The van der Waals surface area contributed by atoms with E-state index in [1.54, 1.807) is 0 Å². The highest BCUT2D eigenvalue weighted by Gasteiger charge is 1.85. The van der Waals surface area contributed by atoms with Gasteiger partial charge in [-0.15, -0.1) is 11.8 Å². The van der Waals surface area contributed by atoms with Gasteiger partial charge in [0, 0.05) is 6.54 Å². The van der Waals surface area contributed by atoms with Gasteiger partial charge in [-0.1, -0.05) is 37.3 Å². The lowest BCUT2D eigenvalue weighted by molar-refractivity contribution is 0.920. The Morgan fingerprint density at radius 3 is 2.71 bits per heavy atom. The fourth-order valence-electron chi connectivity index (χ4n) is 0.831. The molecule has 0 saturated heterocycles. The Labute approximate surface area is 92.4 Å². The average molecular weight is 211 g/mol. The van der Waals surface area contributed by atoms with Crippen LogP contribution in [0.4, 0.5) is 0 Å². The maximum atomic E-state index is 3.06. The monoisotopic (exact) mass is 211 g/mol. The minimum absolute atomic E-state index is 0.928. The molecule has 0 unspecified atom stereocenters. The van der Waals surface area contributed by atoms with E-state index in [1.807, 2.05) is 18.8 Å². The molecule has 0 amide bonds. The van der Waals surface area contributed by atoms with Crippen LogP contribution < -0.4 is 5.32 Å². The maximum Gasteiger partial charge on any atom is 0.0134 e. The summed E-state index contributed by atoms with van der Waals surface area (Å²) in [5.41, 5.74) is 0. The van der Waals surface area contributed by atoms with E-state index in [-0.39, 0.29) is 0 Å². The first-order chi connectivity index (χ1) is 6.81. The van der Waals surface area contributed by atoms with E-state index in [0.717, 1.165) is 6.54 Å². The predicted octanol–water partition coefficient (Wildman–Crippen LogP) is 3.37. The Hall–Kier alpha value is -0.470. The lowest BCUT2D eigenvalue weighted by Gasteiger charge is -1.95. The second-order valence-electron chi connectivity index (χ2n) is 3.00. The molecule has 0 atom stereocenters. The van der Waals surface area contributed by atoms with E-state index < -0.39 is 0 Å². The van der Waals surface area contributed by atoms with Gasteiger partial charge >= 0.3 is 0 Å². The fraction of sp³-hybridized carbons (Fsp3) is 0.500. The van der Waals surface area contributed by atoms with Crippen molar-refractivity contribution in [3.8, 4) is 0 Å². The average Bonchev–Trinajstić information content (AvgIpc) is 2.20. The van der Waals surface area contributed by atoms with E-state index in [2.05, 4.69) is 49.5 Å². The highest BCUT2D eigenvalue weighted by atomic mass is 32.2. The van der Waals surface area contributed by atoms with Gasteiger partial charge in [-0.05, 0) is 31.1 Å². The minimum atomic E-state index is 0.928. The molecule has 0 radical (unpaired) electrons. The topological polar surface area (TPSA) is 12.0 Å². The summed E-state index contributed by atoms with van der Waals surface area (Å²) in [6, 6.07) is 0. The van der Waals surface area contributed by atoms with Crippen molar-refractivity contribution < 1.29 is 0 Å². The Kier molecular flexibility index (Phi) is 10.3. The summed E-state index contributed by atoms with van der Waals surface area (Å²) < 4.78 is 0. The Morgan fingerprint density at radius 2 is 2.07 bits per heavy atom. The van der Waals surface area contributed by atoms with Crippen LogP contribution in [-0.4, -0.2) is 19.3 Å². The van der Waals surface area contributed by atoms with Gasteiger partial charge in [0.05, 0.1) is 0 Å². The molecule has 0 aromatic rings. The molecule has 0 aromatic carbocycles. The van der Waals surface area contributed by atoms with Crippen molar-refractivity contribution in [3.05, 3.63) is 35.3 Å².